The average molecular weight is 501 g/mol. The van der Waals surface area contributed by atoms with Gasteiger partial charge in [-0.25, -0.2) is 4.39 Å². The van der Waals surface area contributed by atoms with E-state index in [9.17, 15) is 17.6 Å². The van der Waals surface area contributed by atoms with Crippen LogP contribution in [0.1, 0.15) is 60.4 Å². The van der Waals surface area contributed by atoms with Gasteiger partial charge in [-0.1, -0.05) is 74.4 Å². The SMILES string of the molecule is CCc1cccc(C(Cc2ccccc2)(NC)c2cc(F)cc(C(F)(F)F)c2)c1.CNC1CCCC1. The topological polar surface area (TPSA) is 24.1 Å². The predicted molar refractivity (Wildman–Crippen MR) is 139 cm³/mol. The minimum absolute atomic E-state index is 0.240. The van der Waals surface area contributed by atoms with E-state index in [1.54, 1.807) is 7.05 Å². The van der Waals surface area contributed by atoms with Gasteiger partial charge in [-0.3, -0.25) is 0 Å². The van der Waals surface area contributed by atoms with Crippen LogP contribution in [0.25, 0.3) is 0 Å². The van der Waals surface area contributed by atoms with Gasteiger partial charge in [-0.05, 0) is 80.2 Å². The van der Waals surface area contributed by atoms with Crippen LogP contribution in [0.5, 0.6) is 0 Å². The van der Waals surface area contributed by atoms with Crippen LogP contribution >= 0.6 is 0 Å². The second kappa shape index (κ2) is 12.5. The number of likely N-dealkylation sites (N-methyl/N-ethyl adjacent to an activating group) is 1. The zero-order valence-corrected chi connectivity index (χ0v) is 21.3. The van der Waals surface area contributed by atoms with E-state index in [1.165, 1.54) is 31.7 Å². The number of alkyl halides is 3. The molecule has 0 bridgehead atoms. The van der Waals surface area contributed by atoms with E-state index in [2.05, 4.69) is 17.7 Å². The van der Waals surface area contributed by atoms with Gasteiger partial charge in [0.05, 0.1) is 11.1 Å². The molecule has 1 aliphatic carbocycles. The summed E-state index contributed by atoms with van der Waals surface area (Å²) >= 11 is 0. The number of halogens is 4. The lowest BCUT2D eigenvalue weighted by Gasteiger charge is -2.36. The van der Waals surface area contributed by atoms with E-state index in [-0.39, 0.29) is 5.56 Å². The monoisotopic (exact) mass is 500 g/mol. The number of aryl methyl sites for hydroxylation is 1. The maximum atomic E-state index is 14.3. The molecule has 0 heterocycles. The van der Waals surface area contributed by atoms with Crippen molar-refractivity contribution in [3.63, 3.8) is 0 Å². The lowest BCUT2D eigenvalue weighted by molar-refractivity contribution is -0.137. The molecule has 0 aromatic heterocycles. The number of hydrogen-bond donors (Lipinski definition) is 2. The van der Waals surface area contributed by atoms with Crippen molar-refractivity contribution in [1.29, 1.82) is 0 Å². The molecule has 1 unspecified atom stereocenters. The molecule has 1 saturated carbocycles. The van der Waals surface area contributed by atoms with Crippen molar-refractivity contribution in [1.82, 2.24) is 10.6 Å². The van der Waals surface area contributed by atoms with E-state index >= 15 is 0 Å². The number of rotatable bonds is 7. The highest BCUT2D eigenvalue weighted by atomic mass is 19.4. The minimum Gasteiger partial charge on any atom is -0.317 e. The highest BCUT2D eigenvalue weighted by Gasteiger charge is 2.37. The quantitative estimate of drug-likeness (QED) is 0.334. The summed E-state index contributed by atoms with van der Waals surface area (Å²) in [4.78, 5) is 0. The third-order valence-corrected chi connectivity index (χ3v) is 7.05. The van der Waals surface area contributed by atoms with Gasteiger partial charge in [0.2, 0.25) is 0 Å². The first kappa shape index (κ1) is 27.9. The van der Waals surface area contributed by atoms with Crippen LogP contribution in [0.4, 0.5) is 17.6 Å². The van der Waals surface area contributed by atoms with Gasteiger partial charge in [0.25, 0.3) is 0 Å². The standard InChI is InChI=1S/C24H23F4N.C6H13N/c1-3-17-10-7-11-19(12-17)23(29-2,16-18-8-5-4-6-9-18)20-13-21(24(26,27)28)15-22(25)14-20;1-7-6-4-2-3-5-6/h4-15,29H,3,16H2,1-2H3;6-7H,2-5H2,1H3. The molecule has 3 aromatic rings. The Labute approximate surface area is 212 Å². The first-order valence-corrected chi connectivity index (χ1v) is 12.6. The van der Waals surface area contributed by atoms with Crippen LogP contribution < -0.4 is 10.6 Å². The zero-order chi connectivity index (χ0) is 26.2. The second-order valence-corrected chi connectivity index (χ2v) is 9.37. The summed E-state index contributed by atoms with van der Waals surface area (Å²) in [6.45, 7) is 2.02. The molecular formula is C30H36F4N2. The Morgan fingerprint density at radius 3 is 1.97 bits per heavy atom. The molecule has 1 fully saturated rings. The number of nitrogens with one attached hydrogen (secondary N) is 2. The minimum atomic E-state index is -4.63. The number of hydrogen-bond acceptors (Lipinski definition) is 2. The molecule has 2 N–H and O–H groups in total. The van der Waals surface area contributed by atoms with Gasteiger partial charge in [0.15, 0.2) is 0 Å². The summed E-state index contributed by atoms with van der Waals surface area (Å²) in [5.74, 6) is -0.908. The molecule has 0 spiro atoms. The van der Waals surface area contributed by atoms with Crippen LogP contribution in [-0.4, -0.2) is 20.1 Å². The molecule has 1 aliphatic rings. The highest BCUT2D eigenvalue weighted by molar-refractivity contribution is 5.44. The van der Waals surface area contributed by atoms with Crippen molar-refractivity contribution in [2.45, 2.75) is 63.2 Å². The van der Waals surface area contributed by atoms with Crippen LogP contribution in [0.15, 0.2) is 72.8 Å². The Morgan fingerprint density at radius 2 is 1.42 bits per heavy atom. The molecule has 4 rings (SSSR count). The third kappa shape index (κ3) is 6.95. The van der Waals surface area contributed by atoms with Gasteiger partial charge in [-0.2, -0.15) is 13.2 Å². The van der Waals surface area contributed by atoms with E-state index in [0.717, 1.165) is 35.2 Å². The molecule has 0 radical (unpaired) electrons. The summed E-state index contributed by atoms with van der Waals surface area (Å²) in [5.41, 5.74) is 1.01. The Balaban J connectivity index is 0.000000444. The van der Waals surface area contributed by atoms with Gasteiger partial charge in [0, 0.05) is 6.04 Å². The van der Waals surface area contributed by atoms with E-state index in [4.69, 9.17) is 0 Å². The van der Waals surface area contributed by atoms with Crippen LogP contribution in [-0.2, 0) is 24.6 Å². The van der Waals surface area contributed by atoms with E-state index in [0.29, 0.717) is 12.5 Å². The van der Waals surface area contributed by atoms with Crippen molar-refractivity contribution in [3.05, 3.63) is 106 Å². The summed E-state index contributed by atoms with van der Waals surface area (Å²) < 4.78 is 54.5. The number of benzene rings is 3. The molecule has 6 heteroatoms. The third-order valence-electron chi connectivity index (χ3n) is 7.05. The van der Waals surface area contributed by atoms with Crippen molar-refractivity contribution in [2.75, 3.05) is 14.1 Å². The molecule has 3 aromatic carbocycles. The Morgan fingerprint density at radius 1 is 0.778 bits per heavy atom. The fourth-order valence-corrected chi connectivity index (χ4v) is 4.92. The lowest BCUT2D eigenvalue weighted by atomic mass is 9.77. The lowest BCUT2D eigenvalue weighted by Crippen LogP contribution is -2.43. The molecule has 0 amide bonds. The summed E-state index contributed by atoms with van der Waals surface area (Å²) in [5, 5.41) is 6.48. The van der Waals surface area contributed by atoms with Crippen molar-refractivity contribution < 1.29 is 17.6 Å². The van der Waals surface area contributed by atoms with E-state index < -0.39 is 23.1 Å². The zero-order valence-electron chi connectivity index (χ0n) is 21.3. The Kier molecular flexibility index (Phi) is 9.69. The summed E-state index contributed by atoms with van der Waals surface area (Å²) in [6.07, 6.45) is 2.20. The average Bonchev–Trinajstić information content (AvgIpc) is 3.42. The maximum absolute atomic E-state index is 14.3. The van der Waals surface area contributed by atoms with Gasteiger partial charge in [-0.15, -0.1) is 0 Å². The predicted octanol–water partition coefficient (Wildman–Crippen LogP) is 7.26. The second-order valence-electron chi connectivity index (χ2n) is 9.37. The normalized spacial score (nSPS) is 15.8. The highest BCUT2D eigenvalue weighted by Crippen LogP contribution is 2.38. The molecule has 194 valence electrons. The van der Waals surface area contributed by atoms with E-state index in [1.807, 2.05) is 61.5 Å². The van der Waals surface area contributed by atoms with Crippen LogP contribution in [0, 0.1) is 5.82 Å². The van der Waals surface area contributed by atoms with Crippen molar-refractivity contribution in [3.8, 4) is 0 Å². The molecule has 0 aliphatic heterocycles. The fourth-order valence-electron chi connectivity index (χ4n) is 4.92. The molecule has 1 atom stereocenters. The van der Waals surface area contributed by atoms with Crippen LogP contribution in [0.2, 0.25) is 0 Å². The summed E-state index contributed by atoms with van der Waals surface area (Å²) in [7, 11) is 3.75. The molecular weight excluding hydrogens is 464 g/mol. The first-order valence-electron chi connectivity index (χ1n) is 12.6. The van der Waals surface area contributed by atoms with Gasteiger partial charge >= 0.3 is 6.18 Å². The summed E-state index contributed by atoms with van der Waals surface area (Å²) in [6, 6.07) is 20.8. The maximum Gasteiger partial charge on any atom is 0.416 e. The largest absolute Gasteiger partial charge is 0.416 e. The Bertz CT molecular complexity index is 1090. The smallest absolute Gasteiger partial charge is 0.317 e. The van der Waals surface area contributed by atoms with Crippen molar-refractivity contribution >= 4 is 0 Å². The van der Waals surface area contributed by atoms with Gasteiger partial charge in [0.1, 0.15) is 5.82 Å². The van der Waals surface area contributed by atoms with Crippen LogP contribution in [0.3, 0.4) is 0 Å². The Hall–Kier alpha value is -2.70. The van der Waals surface area contributed by atoms with Crippen molar-refractivity contribution in [2.24, 2.45) is 0 Å². The fraction of sp³-hybridized carbons (Fsp3) is 0.400. The van der Waals surface area contributed by atoms with Gasteiger partial charge < -0.3 is 10.6 Å². The molecule has 0 saturated heterocycles. The first-order chi connectivity index (χ1) is 17.2. The molecule has 36 heavy (non-hydrogen) atoms. The molecule has 2 nitrogen and oxygen atoms in total.